The molecular formula is C13H15ClO4. The Hall–Kier alpha value is -1.55. The van der Waals surface area contributed by atoms with Crippen molar-refractivity contribution in [2.75, 3.05) is 0 Å². The molecule has 0 heterocycles. The highest BCUT2D eigenvalue weighted by atomic mass is 35.5. The molecule has 0 saturated carbocycles. The molecule has 0 bridgehead atoms. The van der Waals surface area contributed by atoms with Crippen LogP contribution in [-0.2, 0) is 9.53 Å². The minimum atomic E-state index is -0.825. The first-order valence-corrected chi connectivity index (χ1v) is 6.04. The average Bonchev–Trinajstić information content (AvgIpc) is 2.31. The second-order valence-corrected chi connectivity index (χ2v) is 4.27. The van der Waals surface area contributed by atoms with Crippen molar-refractivity contribution < 1.29 is 19.1 Å². The Morgan fingerprint density at radius 3 is 2.44 bits per heavy atom. The van der Waals surface area contributed by atoms with Gasteiger partial charge in [-0.05, 0) is 31.2 Å². The molecule has 98 valence electrons. The molecule has 4 nitrogen and oxygen atoms in total. The highest BCUT2D eigenvalue weighted by Crippen LogP contribution is 2.16. The van der Waals surface area contributed by atoms with Gasteiger partial charge in [0.1, 0.15) is 17.6 Å². The summed E-state index contributed by atoms with van der Waals surface area (Å²) in [6.07, 6.45) is -0.683. The van der Waals surface area contributed by atoms with Crippen LogP contribution in [0.3, 0.4) is 0 Å². The Morgan fingerprint density at radius 2 is 1.89 bits per heavy atom. The quantitative estimate of drug-likeness (QED) is 0.606. The number of halogens is 1. The number of hydrogen-bond acceptors (Lipinski definition) is 4. The third kappa shape index (κ3) is 5.19. The van der Waals surface area contributed by atoms with Crippen LogP contribution in [-0.4, -0.2) is 18.0 Å². The summed E-state index contributed by atoms with van der Waals surface area (Å²) in [7, 11) is 0. The summed E-state index contributed by atoms with van der Waals surface area (Å²) in [4.78, 5) is 22.5. The van der Waals surface area contributed by atoms with Gasteiger partial charge in [0.2, 0.25) is 0 Å². The van der Waals surface area contributed by atoms with E-state index in [9.17, 15) is 9.59 Å². The number of carbonyl (C=O) groups excluding carboxylic acids is 2. The predicted octanol–water partition coefficient (Wildman–Crippen LogP) is 3.61. The topological polar surface area (TPSA) is 52.6 Å². The molecule has 0 aromatic heterocycles. The summed E-state index contributed by atoms with van der Waals surface area (Å²) in [6, 6.07) is 6.33. The van der Waals surface area contributed by atoms with Gasteiger partial charge in [0, 0.05) is 17.9 Å². The largest absolute Gasteiger partial charge is 0.514 e. The van der Waals surface area contributed by atoms with E-state index in [0.717, 1.165) is 0 Å². The summed E-state index contributed by atoms with van der Waals surface area (Å²) in [5.74, 6) is 0.389. The van der Waals surface area contributed by atoms with Crippen LogP contribution in [0.5, 0.6) is 5.75 Å². The van der Waals surface area contributed by atoms with Crippen LogP contribution in [0, 0.1) is 0 Å². The third-order valence-electron chi connectivity index (χ3n) is 2.22. The lowest BCUT2D eigenvalue weighted by Gasteiger charge is -2.11. The average molecular weight is 271 g/mol. The normalized spacial score (nSPS) is 11.7. The van der Waals surface area contributed by atoms with Crippen LogP contribution >= 0.6 is 11.6 Å². The van der Waals surface area contributed by atoms with Gasteiger partial charge in [-0.2, -0.15) is 0 Å². The molecule has 0 radical (unpaired) electrons. The SMILES string of the molecule is CCC(=O)CC(C)OC(=O)Oc1ccc(Cl)cc1. The van der Waals surface area contributed by atoms with Crippen LogP contribution < -0.4 is 4.74 Å². The van der Waals surface area contributed by atoms with Crippen LogP contribution in [0.25, 0.3) is 0 Å². The highest BCUT2D eigenvalue weighted by molar-refractivity contribution is 6.30. The van der Waals surface area contributed by atoms with Crippen LogP contribution in [0.2, 0.25) is 5.02 Å². The van der Waals surface area contributed by atoms with Gasteiger partial charge in [-0.3, -0.25) is 4.79 Å². The number of carbonyl (C=O) groups is 2. The summed E-state index contributed by atoms with van der Waals surface area (Å²) < 4.78 is 9.87. The van der Waals surface area contributed by atoms with Crippen LogP contribution in [0.1, 0.15) is 26.7 Å². The first kappa shape index (κ1) is 14.5. The van der Waals surface area contributed by atoms with Gasteiger partial charge >= 0.3 is 6.16 Å². The molecular weight excluding hydrogens is 256 g/mol. The predicted molar refractivity (Wildman–Crippen MR) is 67.9 cm³/mol. The molecule has 1 unspecified atom stereocenters. The summed E-state index contributed by atoms with van der Waals surface area (Å²) in [6.45, 7) is 3.41. The molecule has 1 atom stereocenters. The minimum Gasteiger partial charge on any atom is -0.430 e. The van der Waals surface area contributed by atoms with E-state index in [4.69, 9.17) is 21.1 Å². The maximum atomic E-state index is 11.4. The molecule has 0 aliphatic carbocycles. The Labute approximate surface area is 111 Å². The maximum Gasteiger partial charge on any atom is 0.514 e. The number of ether oxygens (including phenoxy) is 2. The molecule has 0 spiro atoms. The second kappa shape index (κ2) is 7.01. The van der Waals surface area contributed by atoms with Gasteiger partial charge in [0.15, 0.2) is 0 Å². The summed E-state index contributed by atoms with van der Waals surface area (Å²) >= 11 is 5.70. The standard InChI is InChI=1S/C13H15ClO4/c1-3-11(15)8-9(2)17-13(16)18-12-6-4-10(14)5-7-12/h4-7,9H,3,8H2,1-2H3. The molecule has 1 aromatic rings. The molecule has 0 aliphatic heterocycles. The van der Waals surface area contributed by atoms with Crippen molar-refractivity contribution in [2.24, 2.45) is 0 Å². The first-order valence-electron chi connectivity index (χ1n) is 5.67. The molecule has 0 saturated heterocycles. The smallest absolute Gasteiger partial charge is 0.430 e. The van der Waals surface area contributed by atoms with Crippen LogP contribution in [0.15, 0.2) is 24.3 Å². The zero-order valence-electron chi connectivity index (χ0n) is 10.3. The molecule has 5 heteroatoms. The number of hydrogen-bond donors (Lipinski definition) is 0. The van der Waals surface area contributed by atoms with Gasteiger partial charge in [-0.1, -0.05) is 18.5 Å². The Kier molecular flexibility index (Phi) is 5.65. The molecule has 0 amide bonds. The zero-order chi connectivity index (χ0) is 13.5. The number of ketones is 1. The van der Waals surface area contributed by atoms with Crippen molar-refractivity contribution in [1.29, 1.82) is 0 Å². The number of rotatable bonds is 5. The molecule has 18 heavy (non-hydrogen) atoms. The summed E-state index contributed by atoms with van der Waals surface area (Å²) in [5.41, 5.74) is 0. The van der Waals surface area contributed by atoms with Gasteiger partial charge < -0.3 is 9.47 Å². The van der Waals surface area contributed by atoms with Crippen molar-refractivity contribution in [3.8, 4) is 5.75 Å². The Balaban J connectivity index is 2.41. The van der Waals surface area contributed by atoms with E-state index in [-0.39, 0.29) is 12.2 Å². The van der Waals surface area contributed by atoms with E-state index in [1.165, 1.54) is 0 Å². The number of benzene rings is 1. The molecule has 0 aliphatic rings. The lowest BCUT2D eigenvalue weighted by atomic mass is 10.2. The highest BCUT2D eigenvalue weighted by Gasteiger charge is 2.14. The van der Waals surface area contributed by atoms with Gasteiger partial charge in [0.25, 0.3) is 0 Å². The van der Waals surface area contributed by atoms with E-state index in [1.54, 1.807) is 38.1 Å². The molecule has 0 fully saturated rings. The van der Waals surface area contributed by atoms with Crippen LogP contribution in [0.4, 0.5) is 4.79 Å². The zero-order valence-corrected chi connectivity index (χ0v) is 11.1. The van der Waals surface area contributed by atoms with Crippen molar-refractivity contribution in [2.45, 2.75) is 32.8 Å². The van der Waals surface area contributed by atoms with Crippen molar-refractivity contribution in [3.63, 3.8) is 0 Å². The van der Waals surface area contributed by atoms with Crippen molar-refractivity contribution in [3.05, 3.63) is 29.3 Å². The third-order valence-corrected chi connectivity index (χ3v) is 2.47. The fraction of sp³-hybridized carbons (Fsp3) is 0.385. The molecule has 0 N–H and O–H groups in total. The van der Waals surface area contributed by atoms with E-state index in [2.05, 4.69) is 0 Å². The summed E-state index contributed by atoms with van der Waals surface area (Å²) in [5, 5.41) is 0.553. The van der Waals surface area contributed by atoms with E-state index in [1.807, 2.05) is 0 Å². The van der Waals surface area contributed by atoms with E-state index in [0.29, 0.717) is 17.2 Å². The first-order chi connectivity index (χ1) is 8.51. The lowest BCUT2D eigenvalue weighted by Crippen LogP contribution is -2.20. The van der Waals surface area contributed by atoms with Gasteiger partial charge in [-0.15, -0.1) is 0 Å². The Bertz CT molecular complexity index is 414. The van der Waals surface area contributed by atoms with Gasteiger partial charge in [-0.25, -0.2) is 4.79 Å². The Morgan fingerprint density at radius 1 is 1.28 bits per heavy atom. The minimum absolute atomic E-state index is 0.0433. The molecule has 1 rings (SSSR count). The fourth-order valence-corrected chi connectivity index (χ4v) is 1.42. The van der Waals surface area contributed by atoms with E-state index < -0.39 is 12.3 Å². The van der Waals surface area contributed by atoms with Crippen molar-refractivity contribution >= 4 is 23.5 Å². The van der Waals surface area contributed by atoms with Gasteiger partial charge in [0.05, 0.1) is 0 Å². The number of Topliss-reactive ketones (excluding diaryl/α,β-unsaturated/α-hetero) is 1. The van der Waals surface area contributed by atoms with E-state index >= 15 is 0 Å². The second-order valence-electron chi connectivity index (χ2n) is 3.83. The van der Waals surface area contributed by atoms with Crippen molar-refractivity contribution in [1.82, 2.24) is 0 Å². The lowest BCUT2D eigenvalue weighted by molar-refractivity contribution is -0.120. The monoisotopic (exact) mass is 270 g/mol. The molecule has 1 aromatic carbocycles. The fourth-order valence-electron chi connectivity index (χ4n) is 1.29. The maximum absolute atomic E-state index is 11.4.